The Morgan fingerprint density at radius 2 is 2.13 bits per heavy atom. The zero-order chi connectivity index (χ0) is 16.1. The van der Waals surface area contributed by atoms with Crippen LogP contribution in [0, 0.1) is 5.41 Å². The first kappa shape index (κ1) is 16.3. The molecule has 3 rings (SSSR count). The van der Waals surface area contributed by atoms with Crippen molar-refractivity contribution in [1.29, 1.82) is 0 Å². The molecule has 1 saturated carbocycles. The summed E-state index contributed by atoms with van der Waals surface area (Å²) in [7, 11) is 1.65. The van der Waals surface area contributed by atoms with E-state index in [1.807, 2.05) is 30.3 Å². The number of amides is 1. The highest BCUT2D eigenvalue weighted by Crippen LogP contribution is 2.41. The molecule has 2 fully saturated rings. The van der Waals surface area contributed by atoms with Crippen molar-refractivity contribution >= 4 is 5.91 Å². The standard InChI is InChI=1S/C18H25NO4/c1-21-13-18(9-5-10-18)17(20)19-15-12-22-11-8-16(15)23-14-6-3-2-4-7-14/h2-4,6-7,15-16H,5,8-13H2,1H3,(H,19,20)/t15-,16+/m1/s1. The van der Waals surface area contributed by atoms with Crippen molar-refractivity contribution in [2.75, 3.05) is 26.9 Å². The Hall–Kier alpha value is -1.59. The van der Waals surface area contributed by atoms with E-state index in [0.29, 0.717) is 19.8 Å². The molecule has 0 radical (unpaired) electrons. The first-order chi connectivity index (χ1) is 11.2. The molecule has 0 unspecified atom stereocenters. The number of hydrogen-bond donors (Lipinski definition) is 1. The number of hydrogen-bond acceptors (Lipinski definition) is 4. The van der Waals surface area contributed by atoms with Gasteiger partial charge >= 0.3 is 0 Å². The van der Waals surface area contributed by atoms with Crippen LogP contribution in [0.3, 0.4) is 0 Å². The molecular formula is C18H25NO4. The number of para-hydroxylation sites is 1. The number of methoxy groups -OCH3 is 1. The molecule has 1 aliphatic carbocycles. The van der Waals surface area contributed by atoms with Gasteiger partial charge in [0, 0.05) is 13.5 Å². The summed E-state index contributed by atoms with van der Waals surface area (Å²) in [5.41, 5.74) is -0.358. The molecule has 1 N–H and O–H groups in total. The van der Waals surface area contributed by atoms with Gasteiger partial charge in [0.25, 0.3) is 0 Å². The van der Waals surface area contributed by atoms with Gasteiger partial charge in [0.2, 0.25) is 5.91 Å². The Labute approximate surface area is 137 Å². The number of rotatable bonds is 6. The third kappa shape index (κ3) is 3.67. The summed E-state index contributed by atoms with van der Waals surface area (Å²) >= 11 is 0. The van der Waals surface area contributed by atoms with Gasteiger partial charge in [-0.3, -0.25) is 4.79 Å². The first-order valence-electron chi connectivity index (χ1n) is 8.33. The molecule has 1 heterocycles. The summed E-state index contributed by atoms with van der Waals surface area (Å²) in [5, 5.41) is 3.15. The molecule has 23 heavy (non-hydrogen) atoms. The number of ether oxygens (including phenoxy) is 3. The monoisotopic (exact) mass is 319 g/mol. The molecule has 0 aromatic heterocycles. The largest absolute Gasteiger partial charge is 0.488 e. The van der Waals surface area contributed by atoms with Crippen LogP contribution in [-0.4, -0.2) is 45.0 Å². The predicted molar refractivity (Wildman–Crippen MR) is 86.4 cm³/mol. The Kier molecular flexibility index (Phi) is 5.18. The number of benzene rings is 1. The van der Waals surface area contributed by atoms with Gasteiger partial charge < -0.3 is 19.5 Å². The SMILES string of the molecule is COCC1(C(=O)N[C@@H]2COCC[C@@H]2Oc2ccccc2)CCC1. The summed E-state index contributed by atoms with van der Waals surface area (Å²) in [5.74, 6) is 0.900. The fraction of sp³-hybridized carbons (Fsp3) is 0.611. The molecule has 1 saturated heterocycles. The lowest BCUT2D eigenvalue weighted by Crippen LogP contribution is -2.57. The van der Waals surface area contributed by atoms with Gasteiger partial charge in [0.05, 0.1) is 31.3 Å². The summed E-state index contributed by atoms with van der Waals surface area (Å²) in [6.45, 7) is 1.63. The van der Waals surface area contributed by atoms with E-state index in [4.69, 9.17) is 14.2 Å². The van der Waals surface area contributed by atoms with Gasteiger partial charge in [-0.2, -0.15) is 0 Å². The topological polar surface area (TPSA) is 56.8 Å². The fourth-order valence-corrected chi connectivity index (χ4v) is 3.31. The van der Waals surface area contributed by atoms with Crippen molar-refractivity contribution < 1.29 is 19.0 Å². The van der Waals surface area contributed by atoms with Gasteiger partial charge in [-0.05, 0) is 25.0 Å². The van der Waals surface area contributed by atoms with Gasteiger partial charge in [-0.25, -0.2) is 0 Å². The van der Waals surface area contributed by atoms with Gasteiger partial charge in [0.1, 0.15) is 11.9 Å². The molecule has 2 aliphatic rings. The average Bonchev–Trinajstić information content (AvgIpc) is 2.53. The summed E-state index contributed by atoms with van der Waals surface area (Å²) < 4.78 is 16.9. The van der Waals surface area contributed by atoms with Crippen molar-refractivity contribution in [3.63, 3.8) is 0 Å². The van der Waals surface area contributed by atoms with Crippen LogP contribution in [0.4, 0.5) is 0 Å². The maximum Gasteiger partial charge on any atom is 0.228 e. The predicted octanol–water partition coefficient (Wildman–Crippen LogP) is 2.16. The maximum atomic E-state index is 12.7. The molecule has 0 bridgehead atoms. The lowest BCUT2D eigenvalue weighted by Gasteiger charge is -2.42. The molecule has 5 nitrogen and oxygen atoms in total. The lowest BCUT2D eigenvalue weighted by atomic mass is 9.68. The molecule has 5 heteroatoms. The molecular weight excluding hydrogens is 294 g/mol. The van der Waals surface area contributed by atoms with Crippen LogP contribution >= 0.6 is 0 Å². The number of carbonyl (C=O) groups is 1. The smallest absolute Gasteiger partial charge is 0.228 e. The minimum atomic E-state index is -0.358. The van der Waals surface area contributed by atoms with E-state index < -0.39 is 0 Å². The van der Waals surface area contributed by atoms with Gasteiger partial charge in [0.15, 0.2) is 0 Å². The average molecular weight is 319 g/mol. The molecule has 1 aromatic rings. The second kappa shape index (κ2) is 7.32. The second-order valence-corrected chi connectivity index (χ2v) is 6.48. The highest BCUT2D eigenvalue weighted by Gasteiger charge is 2.45. The number of nitrogens with one attached hydrogen (secondary N) is 1. The molecule has 126 valence electrons. The zero-order valence-corrected chi connectivity index (χ0v) is 13.6. The van der Waals surface area contributed by atoms with Crippen LogP contribution in [-0.2, 0) is 14.3 Å². The van der Waals surface area contributed by atoms with E-state index in [0.717, 1.165) is 31.4 Å². The van der Waals surface area contributed by atoms with E-state index in [2.05, 4.69) is 5.32 Å². The number of carbonyl (C=O) groups excluding carboxylic acids is 1. The van der Waals surface area contributed by atoms with E-state index in [1.165, 1.54) is 0 Å². The van der Waals surface area contributed by atoms with Crippen LogP contribution in [0.5, 0.6) is 5.75 Å². The third-order valence-electron chi connectivity index (χ3n) is 4.85. The normalized spacial score (nSPS) is 26.1. The van der Waals surface area contributed by atoms with Crippen LogP contribution in [0.2, 0.25) is 0 Å². The molecule has 1 amide bonds. The maximum absolute atomic E-state index is 12.7. The summed E-state index contributed by atoms with van der Waals surface area (Å²) in [4.78, 5) is 12.7. The Morgan fingerprint density at radius 1 is 1.35 bits per heavy atom. The summed E-state index contributed by atoms with van der Waals surface area (Å²) in [6, 6.07) is 9.61. The minimum Gasteiger partial charge on any atom is -0.488 e. The first-order valence-corrected chi connectivity index (χ1v) is 8.33. The third-order valence-corrected chi connectivity index (χ3v) is 4.85. The molecule has 2 atom stereocenters. The van der Waals surface area contributed by atoms with Crippen LogP contribution in [0.1, 0.15) is 25.7 Å². The van der Waals surface area contributed by atoms with E-state index in [-0.39, 0.29) is 23.5 Å². The lowest BCUT2D eigenvalue weighted by molar-refractivity contribution is -0.143. The van der Waals surface area contributed by atoms with Crippen molar-refractivity contribution in [3.8, 4) is 5.75 Å². The van der Waals surface area contributed by atoms with Crippen LogP contribution in [0.25, 0.3) is 0 Å². The summed E-state index contributed by atoms with van der Waals surface area (Å²) in [6.07, 6.45) is 3.59. The minimum absolute atomic E-state index is 0.0604. The highest BCUT2D eigenvalue weighted by molar-refractivity contribution is 5.84. The van der Waals surface area contributed by atoms with Crippen molar-refractivity contribution in [1.82, 2.24) is 5.32 Å². The Morgan fingerprint density at radius 3 is 2.78 bits per heavy atom. The Balaban J connectivity index is 1.63. The van der Waals surface area contributed by atoms with Crippen molar-refractivity contribution in [2.24, 2.45) is 5.41 Å². The molecule has 1 aromatic carbocycles. The highest BCUT2D eigenvalue weighted by atomic mass is 16.5. The quantitative estimate of drug-likeness (QED) is 0.873. The van der Waals surface area contributed by atoms with Crippen LogP contribution < -0.4 is 10.1 Å². The fourth-order valence-electron chi connectivity index (χ4n) is 3.31. The molecule has 0 spiro atoms. The second-order valence-electron chi connectivity index (χ2n) is 6.48. The Bertz CT molecular complexity index is 515. The van der Waals surface area contributed by atoms with Crippen molar-refractivity contribution in [2.45, 2.75) is 37.8 Å². The van der Waals surface area contributed by atoms with Crippen LogP contribution in [0.15, 0.2) is 30.3 Å². The van der Waals surface area contributed by atoms with Gasteiger partial charge in [-0.15, -0.1) is 0 Å². The van der Waals surface area contributed by atoms with Crippen molar-refractivity contribution in [3.05, 3.63) is 30.3 Å². The molecule has 1 aliphatic heterocycles. The van der Waals surface area contributed by atoms with E-state index in [1.54, 1.807) is 7.11 Å². The zero-order valence-electron chi connectivity index (χ0n) is 13.6. The van der Waals surface area contributed by atoms with Gasteiger partial charge in [-0.1, -0.05) is 24.6 Å². The van der Waals surface area contributed by atoms with E-state index >= 15 is 0 Å². The van der Waals surface area contributed by atoms with E-state index in [9.17, 15) is 4.79 Å².